The zero-order chi connectivity index (χ0) is 52.0. The Morgan fingerprint density at radius 2 is 0.625 bits per heavy atom. The second-order valence-corrected chi connectivity index (χ2v) is 19.9. The van der Waals surface area contributed by atoms with E-state index in [1.165, 1.54) is 141 Å². The molecule has 0 aliphatic heterocycles. The van der Waals surface area contributed by atoms with Gasteiger partial charge in [-0.3, -0.25) is 9.59 Å². The van der Waals surface area contributed by atoms with E-state index < -0.39 is 6.10 Å². The summed E-state index contributed by atoms with van der Waals surface area (Å²) < 4.78 is 17.5. The quantitative estimate of drug-likeness (QED) is 0.0345. The van der Waals surface area contributed by atoms with Crippen molar-refractivity contribution in [1.29, 1.82) is 0 Å². The van der Waals surface area contributed by atoms with Crippen LogP contribution in [0.2, 0.25) is 0 Å². The van der Waals surface area contributed by atoms with E-state index in [9.17, 15) is 9.59 Å². The average molecular weight is 1000 g/mol. The smallest absolute Gasteiger partial charge is 0.306 e. The number of rotatable bonds is 55. The molecule has 0 aromatic rings. The van der Waals surface area contributed by atoms with Crippen molar-refractivity contribution in [2.75, 3.05) is 19.8 Å². The van der Waals surface area contributed by atoms with Crippen LogP contribution in [-0.2, 0) is 23.8 Å². The fraction of sp³-hybridized carbons (Fsp3) is 0.701. The van der Waals surface area contributed by atoms with Gasteiger partial charge in [-0.25, -0.2) is 0 Å². The van der Waals surface area contributed by atoms with Gasteiger partial charge in [-0.15, -0.1) is 0 Å². The molecule has 5 heteroatoms. The van der Waals surface area contributed by atoms with Gasteiger partial charge in [-0.1, -0.05) is 246 Å². The van der Waals surface area contributed by atoms with Crippen molar-refractivity contribution in [3.63, 3.8) is 0 Å². The molecule has 0 fully saturated rings. The highest BCUT2D eigenvalue weighted by atomic mass is 16.6. The van der Waals surface area contributed by atoms with Gasteiger partial charge in [0.1, 0.15) is 6.61 Å². The minimum Gasteiger partial charge on any atom is -0.462 e. The van der Waals surface area contributed by atoms with E-state index >= 15 is 0 Å². The zero-order valence-electron chi connectivity index (χ0n) is 47.4. The molecule has 0 aliphatic rings. The van der Waals surface area contributed by atoms with Crippen molar-refractivity contribution < 1.29 is 23.8 Å². The molecule has 0 heterocycles. The first-order valence-electron chi connectivity index (χ1n) is 30.4. The Kier molecular flexibility index (Phi) is 58.9. The van der Waals surface area contributed by atoms with Crippen molar-refractivity contribution in [3.8, 4) is 0 Å². The zero-order valence-corrected chi connectivity index (χ0v) is 47.4. The Morgan fingerprint density at radius 3 is 1.00 bits per heavy atom. The molecule has 5 nitrogen and oxygen atoms in total. The van der Waals surface area contributed by atoms with Gasteiger partial charge in [-0.2, -0.15) is 0 Å². The molecule has 0 aliphatic carbocycles. The third-order valence-corrected chi connectivity index (χ3v) is 12.8. The number of carbonyl (C=O) groups excluding carboxylic acids is 2. The maximum Gasteiger partial charge on any atom is 0.306 e. The van der Waals surface area contributed by atoms with Crippen LogP contribution < -0.4 is 0 Å². The Labute approximate surface area is 446 Å². The SMILES string of the molecule is CC/C=C\C/C=C\C/C=C\C/C=C\C/C=C\CCCCOCC(COC(=O)CCCCCCCCCCC/C=C\C/C=C\CCCCC)OC(=O)CCCCCCCCCCC/C=C\C/C=C\CCCCC. The lowest BCUT2D eigenvalue weighted by atomic mass is 10.1. The lowest BCUT2D eigenvalue weighted by Gasteiger charge is -2.18. The van der Waals surface area contributed by atoms with Crippen LogP contribution >= 0.6 is 0 Å². The fourth-order valence-corrected chi connectivity index (χ4v) is 8.24. The molecule has 0 saturated heterocycles. The van der Waals surface area contributed by atoms with Gasteiger partial charge in [0.05, 0.1) is 6.61 Å². The summed E-state index contributed by atoms with van der Waals surface area (Å²) >= 11 is 0. The van der Waals surface area contributed by atoms with Crippen molar-refractivity contribution in [3.05, 3.63) is 109 Å². The van der Waals surface area contributed by atoms with Crippen molar-refractivity contribution in [1.82, 2.24) is 0 Å². The predicted molar refractivity (Wildman–Crippen MR) is 316 cm³/mol. The van der Waals surface area contributed by atoms with Gasteiger partial charge < -0.3 is 14.2 Å². The van der Waals surface area contributed by atoms with Crippen molar-refractivity contribution in [2.45, 2.75) is 284 Å². The van der Waals surface area contributed by atoms with Gasteiger partial charge in [0, 0.05) is 19.4 Å². The topological polar surface area (TPSA) is 61.8 Å². The first kappa shape index (κ1) is 68.6. The number of hydrogen-bond donors (Lipinski definition) is 0. The van der Waals surface area contributed by atoms with Gasteiger partial charge >= 0.3 is 11.9 Å². The first-order chi connectivity index (χ1) is 35.6. The van der Waals surface area contributed by atoms with E-state index in [4.69, 9.17) is 14.2 Å². The molecule has 1 unspecified atom stereocenters. The molecule has 0 aromatic carbocycles. The van der Waals surface area contributed by atoms with E-state index in [2.05, 4.69) is 130 Å². The highest BCUT2D eigenvalue weighted by Crippen LogP contribution is 2.15. The maximum absolute atomic E-state index is 12.9. The van der Waals surface area contributed by atoms with Crippen molar-refractivity contribution >= 4 is 11.9 Å². The molecule has 0 aromatic heterocycles. The monoisotopic (exact) mass is 999 g/mol. The first-order valence-corrected chi connectivity index (χ1v) is 30.4. The molecule has 0 amide bonds. The number of unbranched alkanes of at least 4 members (excludes halogenated alkanes) is 26. The highest BCUT2D eigenvalue weighted by molar-refractivity contribution is 5.70. The van der Waals surface area contributed by atoms with E-state index in [-0.39, 0.29) is 25.2 Å². The van der Waals surface area contributed by atoms with Crippen LogP contribution in [0.15, 0.2) is 109 Å². The van der Waals surface area contributed by atoms with Crippen LogP contribution in [0.3, 0.4) is 0 Å². The normalized spacial score (nSPS) is 13.0. The minimum atomic E-state index is -0.571. The largest absolute Gasteiger partial charge is 0.462 e. The summed E-state index contributed by atoms with van der Waals surface area (Å²) in [4.78, 5) is 25.6. The van der Waals surface area contributed by atoms with Crippen LogP contribution in [0.25, 0.3) is 0 Å². The van der Waals surface area contributed by atoms with Gasteiger partial charge in [0.2, 0.25) is 0 Å². The third-order valence-electron chi connectivity index (χ3n) is 12.8. The maximum atomic E-state index is 12.9. The molecule has 0 N–H and O–H groups in total. The molecule has 72 heavy (non-hydrogen) atoms. The summed E-state index contributed by atoms with van der Waals surface area (Å²) in [7, 11) is 0. The molecule has 412 valence electrons. The summed E-state index contributed by atoms with van der Waals surface area (Å²) in [6, 6.07) is 0. The van der Waals surface area contributed by atoms with E-state index in [0.717, 1.165) is 103 Å². The second-order valence-electron chi connectivity index (χ2n) is 19.9. The van der Waals surface area contributed by atoms with E-state index in [1.54, 1.807) is 0 Å². The Hall–Kier alpha value is -3.44. The molecule has 0 rings (SSSR count). The number of allylic oxidation sites excluding steroid dienone is 18. The molecule has 1 atom stereocenters. The van der Waals surface area contributed by atoms with E-state index in [0.29, 0.717) is 19.4 Å². The summed E-state index contributed by atoms with van der Waals surface area (Å²) in [6.07, 6.45) is 85.5. The summed E-state index contributed by atoms with van der Waals surface area (Å²) in [5.74, 6) is -0.429. The van der Waals surface area contributed by atoms with Crippen LogP contribution in [0.1, 0.15) is 278 Å². The number of carbonyl (C=O) groups is 2. The second kappa shape index (κ2) is 61.9. The molecular formula is C67H114O5. The molecule has 0 saturated carbocycles. The van der Waals surface area contributed by atoms with Crippen LogP contribution in [0, 0.1) is 0 Å². The minimum absolute atomic E-state index is 0.0589. The summed E-state index contributed by atoms with van der Waals surface area (Å²) in [5, 5.41) is 0. The predicted octanol–water partition coefficient (Wildman–Crippen LogP) is 21.1. The summed E-state index contributed by atoms with van der Waals surface area (Å²) in [5.41, 5.74) is 0. The molecular weight excluding hydrogens is 885 g/mol. The Bertz CT molecular complexity index is 1410. The fourth-order valence-electron chi connectivity index (χ4n) is 8.24. The molecule has 0 radical (unpaired) electrons. The molecule has 0 bridgehead atoms. The number of hydrogen-bond acceptors (Lipinski definition) is 5. The standard InChI is InChI=1S/C67H114O5/c1-4-7-10-13-16-19-22-25-28-31-34-36-39-42-45-48-51-54-57-60-66(68)71-64-65(63-70-62-59-56-53-50-47-44-41-38-33-30-27-24-21-18-15-12-9-6-3)72-67(69)61-58-55-52-49-46-43-40-37-35-32-29-26-23-20-17-14-11-8-5-2/h9,12,16-21,25-30,38,41,47,50,65H,4-8,10-11,13-15,22-24,31-37,39-40,42-46,48-49,51-64H2,1-3H3/b12-9-,19-16-,20-17-,21-18-,28-25-,29-26-,30-27-,41-38-,50-47-. The number of esters is 2. The Balaban J connectivity index is 4.37. The van der Waals surface area contributed by atoms with Crippen LogP contribution in [0.5, 0.6) is 0 Å². The van der Waals surface area contributed by atoms with Gasteiger partial charge in [0.15, 0.2) is 6.10 Å². The average Bonchev–Trinajstić information content (AvgIpc) is 3.38. The van der Waals surface area contributed by atoms with E-state index in [1.807, 2.05) is 0 Å². The van der Waals surface area contributed by atoms with Crippen LogP contribution in [0.4, 0.5) is 0 Å². The lowest BCUT2D eigenvalue weighted by Crippen LogP contribution is -2.30. The highest BCUT2D eigenvalue weighted by Gasteiger charge is 2.17. The summed E-state index contributed by atoms with van der Waals surface area (Å²) in [6.45, 7) is 7.57. The number of ether oxygens (including phenoxy) is 3. The lowest BCUT2D eigenvalue weighted by molar-refractivity contribution is -0.163. The molecule has 0 spiro atoms. The third kappa shape index (κ3) is 59.1. The van der Waals surface area contributed by atoms with Gasteiger partial charge in [-0.05, 0) is 128 Å². The van der Waals surface area contributed by atoms with Crippen LogP contribution in [-0.4, -0.2) is 37.9 Å². The Morgan fingerprint density at radius 1 is 0.319 bits per heavy atom. The van der Waals surface area contributed by atoms with Crippen molar-refractivity contribution in [2.24, 2.45) is 0 Å². The van der Waals surface area contributed by atoms with Gasteiger partial charge in [0.25, 0.3) is 0 Å².